The molecule has 1 aromatic carbocycles. The molecule has 6 atom stereocenters. The van der Waals surface area contributed by atoms with Crippen LogP contribution in [-0.4, -0.2) is 55.1 Å². The zero-order valence-electron chi connectivity index (χ0n) is 16.4. The lowest BCUT2D eigenvalue weighted by Gasteiger charge is -2.55. The molecule has 1 saturated carbocycles. The summed E-state index contributed by atoms with van der Waals surface area (Å²) in [5, 5.41) is 24.8. The monoisotopic (exact) mass is 386 g/mol. The molecule has 1 aliphatic carbocycles. The molecule has 6 rings (SSSR count). The van der Waals surface area contributed by atoms with E-state index in [4.69, 9.17) is 9.57 Å². The summed E-state index contributed by atoms with van der Waals surface area (Å²) in [4.78, 5) is 19.1. The second kappa shape index (κ2) is 5.79. The first-order valence-electron chi connectivity index (χ1n) is 9.88. The fraction of sp³-hybridized carbons (Fsp3) is 0.571. The molecule has 3 saturated heterocycles. The minimum atomic E-state index is -0.958. The predicted molar refractivity (Wildman–Crippen MR) is 102 cm³/mol. The van der Waals surface area contributed by atoms with Crippen LogP contribution in [0.15, 0.2) is 29.8 Å². The third-order valence-electron chi connectivity index (χ3n) is 7.52. The van der Waals surface area contributed by atoms with Crippen molar-refractivity contribution < 1.29 is 24.1 Å². The summed E-state index contributed by atoms with van der Waals surface area (Å²) in [5.41, 5.74) is 1.56. The molecule has 5 aliphatic rings. The van der Waals surface area contributed by atoms with E-state index < -0.39 is 5.41 Å². The molecular weight excluding hydrogens is 360 g/mol. The van der Waals surface area contributed by atoms with Gasteiger partial charge in [-0.2, -0.15) is 5.06 Å². The van der Waals surface area contributed by atoms with Crippen LogP contribution in [0.1, 0.15) is 25.3 Å². The van der Waals surface area contributed by atoms with Crippen LogP contribution in [-0.2, 0) is 19.8 Å². The van der Waals surface area contributed by atoms with Crippen LogP contribution < -0.4 is 5.06 Å². The van der Waals surface area contributed by atoms with Gasteiger partial charge in [-0.3, -0.25) is 9.63 Å². The van der Waals surface area contributed by atoms with Gasteiger partial charge < -0.3 is 19.7 Å². The number of piperidine rings is 1. The SMILES string of the molecule is C/C=C1\C[N@+](C)([O-])[C@H]2C[C@@]3(C(=O)N(OC)c4cc(O)ccc43)[C@H]3C[C@@H]1[C@@H]2CO3. The second-order valence-corrected chi connectivity index (χ2v) is 8.75. The molecule has 1 amide bonds. The van der Waals surface area contributed by atoms with Crippen molar-refractivity contribution >= 4 is 11.6 Å². The van der Waals surface area contributed by atoms with Crippen LogP contribution in [0.5, 0.6) is 5.75 Å². The highest BCUT2D eigenvalue weighted by Crippen LogP contribution is 2.58. The Hall–Kier alpha value is -1.93. The van der Waals surface area contributed by atoms with E-state index in [-0.39, 0.29) is 40.3 Å². The molecule has 7 heteroatoms. The Morgan fingerprint density at radius 3 is 2.96 bits per heavy atom. The zero-order chi connectivity index (χ0) is 19.8. The van der Waals surface area contributed by atoms with Crippen LogP contribution in [0.4, 0.5) is 5.69 Å². The Morgan fingerprint density at radius 1 is 1.46 bits per heavy atom. The number of fused-ring (bicyclic) bond motifs is 2. The fourth-order valence-corrected chi connectivity index (χ4v) is 6.24. The van der Waals surface area contributed by atoms with E-state index in [2.05, 4.69) is 6.08 Å². The smallest absolute Gasteiger partial charge is 0.264 e. The van der Waals surface area contributed by atoms with Gasteiger partial charge in [-0.05, 0) is 36.5 Å². The van der Waals surface area contributed by atoms with Crippen LogP contribution >= 0.6 is 0 Å². The van der Waals surface area contributed by atoms with Gasteiger partial charge in [0.2, 0.25) is 0 Å². The van der Waals surface area contributed by atoms with Crippen LogP contribution in [0.3, 0.4) is 0 Å². The highest BCUT2D eigenvalue weighted by atomic mass is 16.7. The number of hydroxylamine groups is 4. The Kier molecular flexibility index (Phi) is 3.75. The number of aromatic hydroxyl groups is 1. The molecule has 4 bridgehead atoms. The average Bonchev–Trinajstić information content (AvgIpc) is 2.78. The summed E-state index contributed by atoms with van der Waals surface area (Å²) in [5.74, 6) is 0.265. The molecule has 4 fully saturated rings. The number of carbonyl (C=O) groups is 1. The molecule has 4 aliphatic heterocycles. The maximum absolute atomic E-state index is 13.7. The molecule has 1 aromatic rings. The summed E-state index contributed by atoms with van der Waals surface area (Å²) in [6.45, 7) is 2.97. The van der Waals surface area contributed by atoms with Crippen molar-refractivity contribution in [3.8, 4) is 5.75 Å². The van der Waals surface area contributed by atoms with Crippen LogP contribution in [0.2, 0.25) is 0 Å². The molecular formula is C21H26N2O5. The summed E-state index contributed by atoms with van der Waals surface area (Å²) < 4.78 is 5.89. The van der Waals surface area contributed by atoms with Gasteiger partial charge in [0.05, 0.1) is 38.6 Å². The number of carbonyl (C=O) groups excluding carboxylic acids is 1. The van der Waals surface area contributed by atoms with Gasteiger partial charge in [-0.15, -0.1) is 0 Å². The van der Waals surface area contributed by atoms with Crippen molar-refractivity contribution in [3.05, 3.63) is 40.6 Å². The normalized spacial score (nSPS) is 42.9. The molecule has 150 valence electrons. The zero-order valence-corrected chi connectivity index (χ0v) is 16.4. The van der Waals surface area contributed by atoms with E-state index in [9.17, 15) is 15.1 Å². The number of nitrogens with zero attached hydrogens (tertiary/aromatic N) is 2. The summed E-state index contributed by atoms with van der Waals surface area (Å²) >= 11 is 0. The highest BCUT2D eigenvalue weighted by Gasteiger charge is 2.66. The predicted octanol–water partition coefficient (Wildman–Crippen LogP) is 2.24. The van der Waals surface area contributed by atoms with Crippen LogP contribution in [0.25, 0.3) is 0 Å². The van der Waals surface area contributed by atoms with Crippen molar-refractivity contribution in [3.63, 3.8) is 0 Å². The quantitative estimate of drug-likeness (QED) is 0.455. The largest absolute Gasteiger partial charge is 0.633 e. The van der Waals surface area contributed by atoms with Crippen LogP contribution in [0, 0.1) is 17.0 Å². The maximum Gasteiger partial charge on any atom is 0.264 e. The number of hydrogen-bond donors (Lipinski definition) is 1. The minimum absolute atomic E-state index is 0.0730. The number of ether oxygens (including phenoxy) is 1. The van der Waals surface area contributed by atoms with Gasteiger partial charge in [-0.1, -0.05) is 12.1 Å². The number of allylic oxidation sites excluding steroid dienone is 1. The van der Waals surface area contributed by atoms with Crippen molar-refractivity contribution in [1.82, 2.24) is 0 Å². The number of likely N-dealkylation sites (N-methyl/N-ethyl adjacent to an activating group) is 1. The Labute approximate surface area is 164 Å². The van der Waals surface area contributed by atoms with Gasteiger partial charge in [0.25, 0.3) is 5.91 Å². The van der Waals surface area contributed by atoms with Gasteiger partial charge in [-0.25, -0.2) is 0 Å². The Balaban J connectivity index is 1.73. The van der Waals surface area contributed by atoms with E-state index in [0.717, 1.165) is 12.0 Å². The Bertz CT molecular complexity index is 882. The topological polar surface area (TPSA) is 82.1 Å². The first kappa shape index (κ1) is 18.1. The van der Waals surface area contributed by atoms with Gasteiger partial charge >= 0.3 is 0 Å². The van der Waals surface area contributed by atoms with Crippen molar-refractivity contribution in [2.24, 2.45) is 11.8 Å². The lowest BCUT2D eigenvalue weighted by Crippen LogP contribution is -2.59. The van der Waals surface area contributed by atoms with Gasteiger partial charge in [0.15, 0.2) is 0 Å². The lowest BCUT2D eigenvalue weighted by atomic mass is 9.72. The van der Waals surface area contributed by atoms with Crippen molar-refractivity contribution in [1.29, 1.82) is 0 Å². The minimum Gasteiger partial charge on any atom is -0.633 e. The highest BCUT2D eigenvalue weighted by molar-refractivity contribution is 6.07. The number of anilines is 1. The van der Waals surface area contributed by atoms with E-state index in [1.54, 1.807) is 25.2 Å². The number of phenolic OH excluding ortho intramolecular Hbond substituents is 1. The number of phenols is 1. The van der Waals surface area contributed by atoms with E-state index in [1.165, 1.54) is 17.7 Å². The van der Waals surface area contributed by atoms with E-state index in [0.29, 0.717) is 25.3 Å². The van der Waals surface area contributed by atoms with E-state index >= 15 is 0 Å². The third-order valence-corrected chi connectivity index (χ3v) is 7.52. The molecule has 28 heavy (non-hydrogen) atoms. The van der Waals surface area contributed by atoms with Gasteiger partial charge in [0, 0.05) is 18.4 Å². The molecule has 0 unspecified atom stereocenters. The third kappa shape index (κ3) is 2.10. The average molecular weight is 386 g/mol. The number of likely N-dealkylation sites (tertiary alicyclic amines) is 1. The molecule has 7 nitrogen and oxygen atoms in total. The number of quaternary nitrogens is 1. The first-order chi connectivity index (χ1) is 13.3. The number of benzene rings is 1. The standard InChI is InChI=1S/C21H26N2O5/c1-4-12-10-23(2,26)18-9-21(19-8-14(12)15(18)11-28-19)16-6-5-13(24)7-17(16)22(27-3)20(21)25/h4-7,14-15,18-19,24H,8-11H2,1-3H3/b12-4+/t14-,15-,18-,19+,21-,23-/m0/s1. The number of rotatable bonds is 1. The first-order valence-corrected chi connectivity index (χ1v) is 9.88. The number of amides is 1. The lowest BCUT2D eigenvalue weighted by molar-refractivity contribution is -0.892. The molecule has 1 N–H and O–H groups in total. The summed E-state index contributed by atoms with van der Waals surface area (Å²) in [6, 6.07) is 4.72. The maximum atomic E-state index is 13.7. The van der Waals surface area contributed by atoms with E-state index in [1.807, 2.05) is 6.92 Å². The summed E-state index contributed by atoms with van der Waals surface area (Å²) in [6.07, 6.45) is 2.92. The van der Waals surface area contributed by atoms with Crippen molar-refractivity contribution in [2.75, 3.05) is 32.4 Å². The molecule has 4 heterocycles. The fourth-order valence-electron chi connectivity index (χ4n) is 6.24. The molecule has 0 aromatic heterocycles. The van der Waals surface area contributed by atoms with Gasteiger partial charge in [0.1, 0.15) is 17.7 Å². The number of hydrogen-bond acceptors (Lipinski definition) is 5. The Morgan fingerprint density at radius 2 is 2.25 bits per heavy atom. The summed E-state index contributed by atoms with van der Waals surface area (Å²) in [7, 11) is 3.17. The molecule has 0 radical (unpaired) electrons. The second-order valence-electron chi connectivity index (χ2n) is 8.75. The van der Waals surface area contributed by atoms with Crippen molar-refractivity contribution in [2.45, 2.75) is 37.3 Å². The molecule has 1 spiro atoms.